The summed E-state index contributed by atoms with van der Waals surface area (Å²) in [5.41, 5.74) is 0.672. The van der Waals surface area contributed by atoms with Crippen LogP contribution in [0.2, 0.25) is 0 Å². The molecule has 0 N–H and O–H groups in total. The molecule has 2 heteroatoms. The molecule has 0 heterocycles. The fraction of sp³-hybridized carbons (Fsp3) is 0.667. The minimum Gasteiger partial charge on any atom is -0.459 e. The minimum atomic E-state index is -0.207. The number of allylic oxidation sites excluding steroid dienone is 1. The van der Waals surface area contributed by atoms with Gasteiger partial charge in [-0.05, 0) is 27.2 Å². The summed E-state index contributed by atoms with van der Waals surface area (Å²) in [5, 5.41) is 0. The highest BCUT2D eigenvalue weighted by molar-refractivity contribution is 5.87. The highest BCUT2D eigenvalue weighted by Crippen LogP contribution is 2.02. The van der Waals surface area contributed by atoms with Crippen LogP contribution in [0.25, 0.3) is 0 Å². The zero-order chi connectivity index (χ0) is 8.85. The third-order valence-electron chi connectivity index (χ3n) is 1.64. The summed E-state index contributed by atoms with van der Waals surface area (Å²) in [6, 6.07) is 0. The van der Waals surface area contributed by atoms with Crippen LogP contribution in [0.1, 0.15) is 34.1 Å². The molecule has 0 aromatic carbocycles. The van der Waals surface area contributed by atoms with Crippen molar-refractivity contribution in [3.8, 4) is 0 Å². The molecule has 0 amide bonds. The van der Waals surface area contributed by atoms with Crippen LogP contribution in [0.15, 0.2) is 11.6 Å². The van der Waals surface area contributed by atoms with Gasteiger partial charge in [-0.15, -0.1) is 0 Å². The largest absolute Gasteiger partial charge is 0.459 e. The Morgan fingerprint density at radius 1 is 1.64 bits per heavy atom. The maximum atomic E-state index is 11.1. The van der Waals surface area contributed by atoms with Gasteiger partial charge in [-0.2, -0.15) is 0 Å². The smallest absolute Gasteiger partial charge is 0.333 e. The second-order valence-electron chi connectivity index (χ2n) is 2.60. The first-order valence-electron chi connectivity index (χ1n) is 3.95. The number of hydrogen-bond acceptors (Lipinski definition) is 2. The summed E-state index contributed by atoms with van der Waals surface area (Å²) >= 11 is 0. The lowest BCUT2D eigenvalue weighted by Gasteiger charge is -2.10. The van der Waals surface area contributed by atoms with Gasteiger partial charge in [-0.3, -0.25) is 0 Å². The van der Waals surface area contributed by atoms with Gasteiger partial charge < -0.3 is 4.74 Å². The van der Waals surface area contributed by atoms with Crippen LogP contribution in [-0.4, -0.2) is 12.1 Å². The van der Waals surface area contributed by atoms with Gasteiger partial charge >= 0.3 is 5.97 Å². The van der Waals surface area contributed by atoms with Crippen molar-refractivity contribution in [3.05, 3.63) is 11.6 Å². The van der Waals surface area contributed by atoms with Crippen molar-refractivity contribution in [1.29, 1.82) is 0 Å². The van der Waals surface area contributed by atoms with Gasteiger partial charge in [-0.25, -0.2) is 4.79 Å². The average Bonchev–Trinajstić information content (AvgIpc) is 2.02. The predicted molar refractivity (Wildman–Crippen MR) is 45.3 cm³/mol. The zero-order valence-corrected chi connectivity index (χ0v) is 7.68. The molecule has 1 atom stereocenters. The molecule has 0 spiro atoms. The molecule has 0 aromatic rings. The Hall–Kier alpha value is -0.790. The van der Waals surface area contributed by atoms with Crippen molar-refractivity contribution < 1.29 is 9.53 Å². The van der Waals surface area contributed by atoms with Crippen molar-refractivity contribution in [1.82, 2.24) is 0 Å². The first kappa shape index (κ1) is 10.2. The lowest BCUT2D eigenvalue weighted by molar-refractivity contribution is -0.143. The number of esters is 1. The van der Waals surface area contributed by atoms with Crippen LogP contribution in [0, 0.1) is 0 Å². The minimum absolute atomic E-state index is 0.0254. The summed E-state index contributed by atoms with van der Waals surface area (Å²) in [5.74, 6) is -0.207. The first-order valence-corrected chi connectivity index (χ1v) is 3.95. The van der Waals surface area contributed by atoms with Crippen LogP contribution in [0.5, 0.6) is 0 Å². The van der Waals surface area contributed by atoms with Crippen molar-refractivity contribution in [3.63, 3.8) is 0 Å². The second kappa shape index (κ2) is 4.94. The van der Waals surface area contributed by atoms with Gasteiger partial charge in [-0.1, -0.05) is 13.0 Å². The van der Waals surface area contributed by atoms with Crippen LogP contribution < -0.4 is 0 Å². The van der Waals surface area contributed by atoms with Crippen LogP contribution in [0.4, 0.5) is 0 Å². The van der Waals surface area contributed by atoms with Gasteiger partial charge in [0.25, 0.3) is 0 Å². The van der Waals surface area contributed by atoms with E-state index in [0.29, 0.717) is 5.57 Å². The standard InChI is InChI=1S/C9H16O2/c1-5-7(3)9(10)11-8(4)6-2/h5,8H,6H2,1-4H3/b7-5-. The van der Waals surface area contributed by atoms with E-state index in [9.17, 15) is 4.79 Å². The normalized spacial score (nSPS) is 14.4. The van der Waals surface area contributed by atoms with E-state index in [2.05, 4.69) is 0 Å². The van der Waals surface area contributed by atoms with E-state index in [0.717, 1.165) is 6.42 Å². The Morgan fingerprint density at radius 3 is 2.55 bits per heavy atom. The lowest BCUT2D eigenvalue weighted by atomic mass is 10.3. The summed E-state index contributed by atoms with van der Waals surface area (Å²) in [6.45, 7) is 7.46. The SMILES string of the molecule is C/C=C(/C)C(=O)OC(C)CC. The molecule has 1 unspecified atom stereocenters. The predicted octanol–water partition coefficient (Wildman–Crippen LogP) is 2.29. The van der Waals surface area contributed by atoms with Gasteiger partial charge in [0.2, 0.25) is 0 Å². The molecule has 0 aliphatic carbocycles. The summed E-state index contributed by atoms with van der Waals surface area (Å²) < 4.78 is 5.04. The van der Waals surface area contributed by atoms with E-state index >= 15 is 0 Å². The Bertz CT molecular complexity index is 159. The molecule has 0 aromatic heterocycles. The van der Waals surface area contributed by atoms with Gasteiger partial charge in [0, 0.05) is 5.57 Å². The van der Waals surface area contributed by atoms with Crippen molar-refractivity contribution >= 4 is 5.97 Å². The molecule has 2 nitrogen and oxygen atoms in total. The maximum absolute atomic E-state index is 11.1. The van der Waals surface area contributed by atoms with Crippen molar-refractivity contribution in [2.75, 3.05) is 0 Å². The van der Waals surface area contributed by atoms with E-state index in [-0.39, 0.29) is 12.1 Å². The lowest BCUT2D eigenvalue weighted by Crippen LogP contribution is -2.14. The molecular formula is C9H16O2. The highest BCUT2D eigenvalue weighted by atomic mass is 16.5. The Balaban J connectivity index is 3.88. The molecule has 0 radical (unpaired) electrons. The molecule has 0 saturated heterocycles. The molecule has 11 heavy (non-hydrogen) atoms. The van der Waals surface area contributed by atoms with E-state index in [1.54, 1.807) is 13.0 Å². The van der Waals surface area contributed by atoms with Crippen LogP contribution in [0.3, 0.4) is 0 Å². The molecule has 0 saturated carbocycles. The molecule has 0 aliphatic heterocycles. The first-order chi connectivity index (χ1) is 5.11. The zero-order valence-electron chi connectivity index (χ0n) is 7.68. The van der Waals surface area contributed by atoms with Crippen molar-refractivity contribution in [2.45, 2.75) is 40.2 Å². The summed E-state index contributed by atoms with van der Waals surface area (Å²) in [7, 11) is 0. The van der Waals surface area contributed by atoms with Crippen molar-refractivity contribution in [2.24, 2.45) is 0 Å². The number of carbonyl (C=O) groups is 1. The highest BCUT2D eigenvalue weighted by Gasteiger charge is 2.07. The Morgan fingerprint density at radius 2 is 2.18 bits per heavy atom. The van der Waals surface area contributed by atoms with Crippen LogP contribution >= 0.6 is 0 Å². The molecule has 0 fully saturated rings. The van der Waals surface area contributed by atoms with E-state index in [1.165, 1.54) is 0 Å². The molecule has 0 rings (SSSR count). The quantitative estimate of drug-likeness (QED) is 0.463. The molecule has 64 valence electrons. The van der Waals surface area contributed by atoms with Gasteiger partial charge in [0.1, 0.15) is 0 Å². The Kier molecular flexibility index (Phi) is 4.59. The number of rotatable bonds is 3. The third kappa shape index (κ3) is 3.81. The number of hydrogen-bond donors (Lipinski definition) is 0. The molecule has 0 aliphatic rings. The van der Waals surface area contributed by atoms with E-state index in [1.807, 2.05) is 20.8 Å². The monoisotopic (exact) mass is 156 g/mol. The molecule has 0 bridgehead atoms. The fourth-order valence-corrected chi connectivity index (χ4v) is 0.477. The third-order valence-corrected chi connectivity index (χ3v) is 1.64. The van der Waals surface area contributed by atoms with Gasteiger partial charge in [0.05, 0.1) is 6.10 Å². The van der Waals surface area contributed by atoms with Gasteiger partial charge in [0.15, 0.2) is 0 Å². The van der Waals surface area contributed by atoms with Crippen LogP contribution in [-0.2, 0) is 9.53 Å². The second-order valence-corrected chi connectivity index (χ2v) is 2.60. The topological polar surface area (TPSA) is 26.3 Å². The van der Waals surface area contributed by atoms with E-state index < -0.39 is 0 Å². The fourth-order valence-electron chi connectivity index (χ4n) is 0.477. The maximum Gasteiger partial charge on any atom is 0.333 e. The average molecular weight is 156 g/mol. The number of ether oxygens (including phenoxy) is 1. The Labute approximate surface area is 68.2 Å². The number of carbonyl (C=O) groups excluding carboxylic acids is 1. The summed E-state index contributed by atoms with van der Waals surface area (Å²) in [6.07, 6.45) is 2.64. The summed E-state index contributed by atoms with van der Waals surface area (Å²) in [4.78, 5) is 11.1. The van der Waals surface area contributed by atoms with E-state index in [4.69, 9.17) is 4.74 Å². The molecular weight excluding hydrogens is 140 g/mol.